The van der Waals surface area contributed by atoms with Crippen molar-refractivity contribution in [2.24, 2.45) is 0 Å². The van der Waals surface area contributed by atoms with E-state index in [1.165, 1.54) is 5.56 Å². The lowest BCUT2D eigenvalue weighted by molar-refractivity contribution is -0.128. The van der Waals surface area contributed by atoms with Crippen LogP contribution in [0.3, 0.4) is 0 Å². The molecule has 2 aromatic carbocycles. The summed E-state index contributed by atoms with van der Waals surface area (Å²) in [4.78, 5) is 18.8. The highest BCUT2D eigenvalue weighted by Gasteiger charge is 2.34. The minimum atomic E-state index is -0.0807. The zero-order valence-electron chi connectivity index (χ0n) is 15.9. The molecule has 2 heterocycles. The maximum absolute atomic E-state index is 12.5. The van der Waals surface area contributed by atoms with Crippen LogP contribution in [0.15, 0.2) is 53.1 Å². The highest BCUT2D eigenvalue weighted by atomic mass is 35.5. The van der Waals surface area contributed by atoms with E-state index in [1.54, 1.807) is 12.1 Å². The highest BCUT2D eigenvalue weighted by molar-refractivity contribution is 6.30. The Balaban J connectivity index is 1.45. The first-order chi connectivity index (χ1) is 13.5. The molecule has 1 fully saturated rings. The van der Waals surface area contributed by atoms with Gasteiger partial charge in [-0.3, -0.25) is 4.79 Å². The second kappa shape index (κ2) is 7.76. The Labute approximate surface area is 169 Å². The van der Waals surface area contributed by atoms with Gasteiger partial charge in [-0.1, -0.05) is 67.0 Å². The third-order valence-electron chi connectivity index (χ3n) is 5.11. The van der Waals surface area contributed by atoms with Crippen LogP contribution in [0.2, 0.25) is 5.02 Å². The molecule has 144 valence electrons. The van der Waals surface area contributed by atoms with E-state index in [0.29, 0.717) is 42.2 Å². The first-order valence-corrected chi connectivity index (χ1v) is 9.83. The fourth-order valence-electron chi connectivity index (χ4n) is 3.46. The zero-order valence-corrected chi connectivity index (χ0v) is 16.7. The first-order valence-electron chi connectivity index (χ1n) is 9.46. The third kappa shape index (κ3) is 3.94. The van der Waals surface area contributed by atoms with Crippen molar-refractivity contribution in [2.75, 3.05) is 6.54 Å². The summed E-state index contributed by atoms with van der Waals surface area (Å²) in [6.45, 7) is 5.53. The van der Waals surface area contributed by atoms with Crippen molar-refractivity contribution in [3.8, 4) is 11.4 Å². The van der Waals surface area contributed by atoms with Gasteiger partial charge in [0.2, 0.25) is 17.6 Å². The van der Waals surface area contributed by atoms with Gasteiger partial charge in [0.25, 0.3) is 0 Å². The predicted molar refractivity (Wildman–Crippen MR) is 108 cm³/mol. The van der Waals surface area contributed by atoms with Gasteiger partial charge in [0.1, 0.15) is 0 Å². The summed E-state index contributed by atoms with van der Waals surface area (Å²) in [6, 6.07) is 15.8. The van der Waals surface area contributed by atoms with Gasteiger partial charge in [-0.2, -0.15) is 4.98 Å². The number of aromatic nitrogens is 2. The molecule has 28 heavy (non-hydrogen) atoms. The Hall–Kier alpha value is -2.66. The molecule has 1 saturated heterocycles. The molecule has 0 saturated carbocycles. The quantitative estimate of drug-likeness (QED) is 0.608. The Bertz CT molecular complexity index is 981. The second-order valence-corrected chi connectivity index (χ2v) is 7.97. The summed E-state index contributed by atoms with van der Waals surface area (Å²) in [5.41, 5.74) is 3.23. The third-order valence-corrected chi connectivity index (χ3v) is 5.34. The second-order valence-electron chi connectivity index (χ2n) is 7.54. The van der Waals surface area contributed by atoms with E-state index in [1.807, 2.05) is 17.0 Å². The average molecular weight is 396 g/mol. The van der Waals surface area contributed by atoms with Gasteiger partial charge >= 0.3 is 0 Å². The molecule has 0 N–H and O–H groups in total. The van der Waals surface area contributed by atoms with Gasteiger partial charge in [-0.25, -0.2) is 0 Å². The van der Waals surface area contributed by atoms with Crippen molar-refractivity contribution >= 4 is 17.5 Å². The summed E-state index contributed by atoms with van der Waals surface area (Å²) >= 11 is 6.03. The smallest absolute Gasteiger partial charge is 0.232 e. The molecule has 0 radical (unpaired) electrons. The Morgan fingerprint density at radius 1 is 1.21 bits per heavy atom. The lowest BCUT2D eigenvalue weighted by Gasteiger charge is -2.16. The zero-order chi connectivity index (χ0) is 19.7. The number of hydrogen-bond acceptors (Lipinski definition) is 4. The van der Waals surface area contributed by atoms with Crippen molar-refractivity contribution in [1.29, 1.82) is 0 Å². The van der Waals surface area contributed by atoms with E-state index in [2.05, 4.69) is 48.3 Å². The van der Waals surface area contributed by atoms with Crippen molar-refractivity contribution in [2.45, 2.75) is 38.6 Å². The molecule has 0 aliphatic carbocycles. The van der Waals surface area contributed by atoms with Crippen LogP contribution in [0, 0.1) is 0 Å². The first kappa shape index (κ1) is 18.7. The number of benzene rings is 2. The largest absolute Gasteiger partial charge is 0.339 e. The molecule has 0 spiro atoms. The van der Waals surface area contributed by atoms with Crippen molar-refractivity contribution in [3.63, 3.8) is 0 Å². The van der Waals surface area contributed by atoms with E-state index in [-0.39, 0.29) is 11.8 Å². The van der Waals surface area contributed by atoms with Crippen LogP contribution in [0.4, 0.5) is 0 Å². The topological polar surface area (TPSA) is 59.2 Å². The molecule has 5 nitrogen and oxygen atoms in total. The van der Waals surface area contributed by atoms with E-state index in [4.69, 9.17) is 16.1 Å². The molecule has 1 aromatic heterocycles. The van der Waals surface area contributed by atoms with Gasteiger partial charge in [-0.05, 0) is 29.2 Å². The number of hydrogen-bond donors (Lipinski definition) is 0. The van der Waals surface area contributed by atoms with Crippen LogP contribution in [-0.4, -0.2) is 27.5 Å². The van der Waals surface area contributed by atoms with Gasteiger partial charge in [0, 0.05) is 30.1 Å². The van der Waals surface area contributed by atoms with Crippen LogP contribution >= 0.6 is 11.6 Å². The molecule has 4 rings (SSSR count). The number of likely N-dealkylation sites (tertiary alicyclic amines) is 1. The van der Waals surface area contributed by atoms with Crippen molar-refractivity contribution < 1.29 is 9.32 Å². The molecule has 1 aliphatic rings. The van der Waals surface area contributed by atoms with Crippen LogP contribution in [0.25, 0.3) is 11.4 Å². The minimum Gasteiger partial charge on any atom is -0.339 e. The van der Waals surface area contributed by atoms with Gasteiger partial charge < -0.3 is 9.42 Å². The van der Waals surface area contributed by atoms with Gasteiger partial charge in [0.15, 0.2) is 0 Å². The molecule has 1 amide bonds. The summed E-state index contributed by atoms with van der Waals surface area (Å²) in [5, 5.41) is 4.68. The monoisotopic (exact) mass is 395 g/mol. The van der Waals surface area contributed by atoms with Gasteiger partial charge in [-0.15, -0.1) is 0 Å². The molecule has 3 aromatic rings. The Kier molecular flexibility index (Phi) is 5.18. The number of carbonyl (C=O) groups is 1. The van der Waals surface area contributed by atoms with Crippen LogP contribution < -0.4 is 0 Å². The number of carbonyl (C=O) groups excluding carboxylic acids is 1. The molecule has 6 heteroatoms. The number of halogens is 1. The fourth-order valence-corrected chi connectivity index (χ4v) is 3.65. The van der Waals surface area contributed by atoms with Crippen LogP contribution in [0.1, 0.15) is 49.1 Å². The van der Waals surface area contributed by atoms with Crippen molar-refractivity contribution in [3.05, 3.63) is 70.6 Å². The molecule has 1 atom stereocenters. The Morgan fingerprint density at radius 2 is 2.00 bits per heavy atom. The summed E-state index contributed by atoms with van der Waals surface area (Å²) in [6.07, 6.45) is 0.390. The van der Waals surface area contributed by atoms with Crippen molar-refractivity contribution in [1.82, 2.24) is 15.0 Å². The fraction of sp³-hybridized carbons (Fsp3) is 0.318. The van der Waals surface area contributed by atoms with Crippen LogP contribution in [-0.2, 0) is 11.3 Å². The van der Waals surface area contributed by atoms with Gasteiger partial charge in [0.05, 0.1) is 5.92 Å². The van der Waals surface area contributed by atoms with E-state index in [9.17, 15) is 4.79 Å². The average Bonchev–Trinajstić information content (AvgIpc) is 3.30. The standard InChI is InChI=1S/C22H22ClN3O2/c1-14(2)16-8-6-15(7-9-16)12-26-13-18(11-20(26)27)22-24-21(25-28-22)17-4-3-5-19(23)10-17/h3-10,14,18H,11-13H2,1-2H3. The minimum absolute atomic E-state index is 0.0807. The molecular formula is C22H22ClN3O2. The Morgan fingerprint density at radius 3 is 2.71 bits per heavy atom. The number of rotatable bonds is 5. The maximum atomic E-state index is 12.5. The van der Waals surface area contributed by atoms with E-state index >= 15 is 0 Å². The normalized spacial score (nSPS) is 16.9. The molecular weight excluding hydrogens is 374 g/mol. The SMILES string of the molecule is CC(C)c1ccc(CN2CC(c3nc(-c4cccc(Cl)c4)no3)CC2=O)cc1. The summed E-state index contributed by atoms with van der Waals surface area (Å²) in [5.74, 6) is 1.52. The molecule has 1 unspecified atom stereocenters. The van der Waals surface area contributed by atoms with Crippen LogP contribution in [0.5, 0.6) is 0 Å². The molecule has 1 aliphatic heterocycles. The lowest BCUT2D eigenvalue weighted by atomic mass is 10.0. The predicted octanol–water partition coefficient (Wildman–Crippen LogP) is 5.03. The summed E-state index contributed by atoms with van der Waals surface area (Å²) in [7, 11) is 0. The number of amides is 1. The highest BCUT2D eigenvalue weighted by Crippen LogP contribution is 2.30. The van der Waals surface area contributed by atoms with E-state index < -0.39 is 0 Å². The lowest BCUT2D eigenvalue weighted by Crippen LogP contribution is -2.24. The number of nitrogens with zero attached hydrogens (tertiary/aromatic N) is 3. The van der Waals surface area contributed by atoms with E-state index in [0.717, 1.165) is 11.1 Å². The molecule has 0 bridgehead atoms. The summed E-state index contributed by atoms with van der Waals surface area (Å²) < 4.78 is 5.45. The maximum Gasteiger partial charge on any atom is 0.232 e.